The van der Waals surface area contributed by atoms with Gasteiger partial charge in [-0.25, -0.2) is 23.1 Å². The number of carbonyl (C=O) groups excluding carboxylic acids is 1. The van der Waals surface area contributed by atoms with E-state index in [2.05, 4.69) is 15.7 Å². The van der Waals surface area contributed by atoms with Crippen molar-refractivity contribution in [2.45, 2.75) is 31.8 Å². The van der Waals surface area contributed by atoms with Crippen LogP contribution in [-0.4, -0.2) is 57.7 Å². The van der Waals surface area contributed by atoms with Gasteiger partial charge in [-0.05, 0) is 44.0 Å². The van der Waals surface area contributed by atoms with E-state index in [1.165, 1.54) is 12.1 Å². The Balaban J connectivity index is 0.00000259. The van der Waals surface area contributed by atoms with Crippen molar-refractivity contribution in [3.63, 3.8) is 0 Å². The van der Waals surface area contributed by atoms with Crippen molar-refractivity contribution in [1.82, 2.24) is 24.8 Å². The molecule has 11 heteroatoms. The molecule has 2 N–H and O–H groups in total. The number of nitrogens with zero attached hydrogens (tertiary/aromatic N) is 5. The first kappa shape index (κ1) is 23.2. The fourth-order valence-electron chi connectivity index (χ4n) is 4.55. The first-order valence-corrected chi connectivity index (χ1v) is 10.8. The molecule has 2 fully saturated rings. The molecule has 2 aliphatic rings. The van der Waals surface area contributed by atoms with Gasteiger partial charge in [-0.15, -0.1) is 12.4 Å². The molecule has 0 spiro atoms. The summed E-state index contributed by atoms with van der Waals surface area (Å²) in [5.41, 5.74) is 1.35. The Labute approximate surface area is 196 Å². The first-order chi connectivity index (χ1) is 15.5. The van der Waals surface area contributed by atoms with E-state index < -0.39 is 11.6 Å². The summed E-state index contributed by atoms with van der Waals surface area (Å²) in [6, 6.07) is 5.10. The summed E-state index contributed by atoms with van der Waals surface area (Å²) in [6.45, 7) is 4.72. The molecule has 0 aliphatic carbocycles. The number of amides is 2. The van der Waals surface area contributed by atoms with Gasteiger partial charge in [0.15, 0.2) is 5.65 Å². The smallest absolute Gasteiger partial charge is 0.322 e. The number of hydrogen-bond donors (Lipinski definition) is 2. The predicted molar refractivity (Wildman–Crippen MR) is 124 cm³/mol. The van der Waals surface area contributed by atoms with Crippen LogP contribution >= 0.6 is 12.4 Å². The number of nitrogens with one attached hydrogen (secondary N) is 2. The molecule has 176 valence electrons. The van der Waals surface area contributed by atoms with Crippen molar-refractivity contribution in [2.75, 3.05) is 36.4 Å². The number of carbonyl (C=O) groups is 1. The summed E-state index contributed by atoms with van der Waals surface area (Å²) in [5, 5.41) is 10.5. The van der Waals surface area contributed by atoms with E-state index in [4.69, 9.17) is 4.98 Å². The van der Waals surface area contributed by atoms with E-state index in [1.54, 1.807) is 27.9 Å². The van der Waals surface area contributed by atoms with Crippen LogP contribution in [0.5, 0.6) is 0 Å². The van der Waals surface area contributed by atoms with E-state index >= 15 is 0 Å². The molecular weight excluding hydrogens is 452 g/mol. The van der Waals surface area contributed by atoms with E-state index in [1.807, 2.05) is 11.8 Å². The van der Waals surface area contributed by atoms with Crippen molar-refractivity contribution in [3.05, 3.63) is 53.9 Å². The fourth-order valence-corrected chi connectivity index (χ4v) is 4.55. The van der Waals surface area contributed by atoms with Crippen molar-refractivity contribution in [2.24, 2.45) is 0 Å². The lowest BCUT2D eigenvalue weighted by Crippen LogP contribution is -2.52. The zero-order chi connectivity index (χ0) is 22.2. The molecule has 4 heterocycles. The lowest BCUT2D eigenvalue weighted by Gasteiger charge is -2.31. The molecule has 0 unspecified atom stereocenters. The third-order valence-electron chi connectivity index (χ3n) is 6.12. The summed E-state index contributed by atoms with van der Waals surface area (Å²) in [5.74, 6) is -0.248. The maximum Gasteiger partial charge on any atom is 0.322 e. The largest absolute Gasteiger partial charge is 0.349 e. The highest BCUT2D eigenvalue weighted by atomic mass is 35.5. The maximum atomic E-state index is 14.4. The molecule has 2 aliphatic heterocycles. The number of urea groups is 1. The zero-order valence-electron chi connectivity index (χ0n) is 18.2. The highest BCUT2D eigenvalue weighted by Gasteiger charge is 2.30. The molecule has 8 nitrogen and oxygen atoms in total. The first-order valence-electron chi connectivity index (χ1n) is 10.8. The Morgan fingerprint density at radius 1 is 1.24 bits per heavy atom. The number of aromatic nitrogens is 3. The summed E-state index contributed by atoms with van der Waals surface area (Å²) in [6.07, 6.45) is 4.88. The van der Waals surface area contributed by atoms with Gasteiger partial charge in [0.25, 0.3) is 0 Å². The number of anilines is 2. The van der Waals surface area contributed by atoms with E-state index in [0.29, 0.717) is 48.8 Å². The molecule has 1 aromatic carbocycles. The molecule has 2 amide bonds. The van der Waals surface area contributed by atoms with Gasteiger partial charge in [0.05, 0.1) is 12.2 Å². The molecule has 0 radical (unpaired) electrons. The Morgan fingerprint density at radius 3 is 2.91 bits per heavy atom. The Bertz CT molecular complexity index is 1160. The highest BCUT2D eigenvalue weighted by molar-refractivity contribution is 5.93. The minimum Gasteiger partial charge on any atom is -0.349 e. The topological polar surface area (TPSA) is 77.8 Å². The van der Waals surface area contributed by atoms with E-state index in [-0.39, 0.29) is 30.5 Å². The monoisotopic (exact) mass is 477 g/mol. The maximum absolute atomic E-state index is 14.4. The SMILES string of the molecule is C[C@H]1CN(C(=O)Nc2cnn3ccc(N4CCC[C@@H]4c4cc(F)ccc4F)nc23)CCN1.Cl. The second-order valence-electron chi connectivity index (χ2n) is 8.36. The standard InChI is InChI=1S/C22H25F2N7O.ClH/c1-14-13-29(10-7-25-14)22(32)27-18-12-26-31-9-6-20(28-21(18)31)30-8-2-3-19(30)16-11-15(23)4-5-17(16)24;/h4-6,9,11-12,14,19,25H,2-3,7-8,10,13H2,1H3,(H,27,32);1H/t14-,19+;/m0./s1. The Hall–Kier alpha value is -2.98. The van der Waals surface area contributed by atoms with Gasteiger partial charge in [0, 0.05) is 44.0 Å². The number of halogens is 3. The minimum absolute atomic E-state index is 0. The van der Waals surface area contributed by atoms with Crippen molar-refractivity contribution >= 4 is 35.6 Å². The quantitative estimate of drug-likeness (QED) is 0.602. The third kappa shape index (κ3) is 4.58. The average Bonchev–Trinajstić information content (AvgIpc) is 3.42. The Morgan fingerprint density at radius 2 is 2.09 bits per heavy atom. The van der Waals surface area contributed by atoms with Crippen LogP contribution in [0.15, 0.2) is 36.7 Å². The van der Waals surface area contributed by atoms with Crippen molar-refractivity contribution in [1.29, 1.82) is 0 Å². The third-order valence-corrected chi connectivity index (χ3v) is 6.12. The van der Waals surface area contributed by atoms with E-state index in [0.717, 1.165) is 19.0 Å². The number of benzene rings is 1. The van der Waals surface area contributed by atoms with Crippen LogP contribution in [0.25, 0.3) is 5.65 Å². The number of fused-ring (bicyclic) bond motifs is 1. The summed E-state index contributed by atoms with van der Waals surface area (Å²) in [4.78, 5) is 21.2. The Kier molecular flexibility index (Phi) is 6.66. The molecule has 2 atom stereocenters. The molecule has 0 saturated carbocycles. The van der Waals surface area contributed by atoms with Gasteiger partial charge in [-0.3, -0.25) is 0 Å². The van der Waals surface area contributed by atoms with Crippen LogP contribution in [0.4, 0.5) is 25.1 Å². The molecule has 2 saturated heterocycles. The molecule has 2 aromatic heterocycles. The van der Waals surface area contributed by atoms with Gasteiger partial charge >= 0.3 is 6.03 Å². The summed E-state index contributed by atoms with van der Waals surface area (Å²) >= 11 is 0. The predicted octanol–water partition coefficient (Wildman–Crippen LogP) is 3.60. The lowest BCUT2D eigenvalue weighted by atomic mass is 10.0. The summed E-state index contributed by atoms with van der Waals surface area (Å²) in [7, 11) is 0. The molecular formula is C22H26ClF2N7O. The lowest BCUT2D eigenvalue weighted by molar-refractivity contribution is 0.192. The molecule has 3 aromatic rings. The molecule has 33 heavy (non-hydrogen) atoms. The van der Waals surface area contributed by atoms with Crippen molar-refractivity contribution < 1.29 is 13.6 Å². The second kappa shape index (κ2) is 9.48. The molecule has 5 rings (SSSR count). The van der Waals surface area contributed by atoms with Crippen LogP contribution in [0.2, 0.25) is 0 Å². The normalized spacial score (nSPS) is 20.7. The minimum atomic E-state index is -0.459. The highest BCUT2D eigenvalue weighted by Crippen LogP contribution is 2.37. The average molecular weight is 478 g/mol. The molecule has 0 bridgehead atoms. The van der Waals surface area contributed by atoms with Gasteiger partial charge in [-0.1, -0.05) is 0 Å². The fraction of sp³-hybridized carbons (Fsp3) is 0.409. The van der Waals surface area contributed by atoms with Gasteiger partial charge in [-0.2, -0.15) is 5.10 Å². The van der Waals surface area contributed by atoms with Crippen LogP contribution in [-0.2, 0) is 0 Å². The zero-order valence-corrected chi connectivity index (χ0v) is 19.0. The van der Waals surface area contributed by atoms with Crippen LogP contribution in [0.1, 0.15) is 31.4 Å². The number of hydrogen-bond acceptors (Lipinski definition) is 5. The van der Waals surface area contributed by atoms with Crippen LogP contribution in [0.3, 0.4) is 0 Å². The van der Waals surface area contributed by atoms with Crippen LogP contribution < -0.4 is 15.5 Å². The van der Waals surface area contributed by atoms with Gasteiger partial charge in [0.1, 0.15) is 23.1 Å². The second-order valence-corrected chi connectivity index (χ2v) is 8.36. The van der Waals surface area contributed by atoms with Crippen LogP contribution in [0, 0.1) is 11.6 Å². The van der Waals surface area contributed by atoms with Gasteiger partial charge in [0.2, 0.25) is 0 Å². The summed E-state index contributed by atoms with van der Waals surface area (Å²) < 4.78 is 29.8. The van der Waals surface area contributed by atoms with Crippen molar-refractivity contribution in [3.8, 4) is 0 Å². The number of rotatable bonds is 3. The number of piperazine rings is 1. The van der Waals surface area contributed by atoms with E-state index in [9.17, 15) is 13.6 Å². The van der Waals surface area contributed by atoms with Gasteiger partial charge < -0.3 is 20.4 Å².